The van der Waals surface area contributed by atoms with Crippen LogP contribution in [0.2, 0.25) is 0 Å². The van der Waals surface area contributed by atoms with Gasteiger partial charge in [-0.2, -0.15) is 0 Å². The Hall–Kier alpha value is -1.06. The summed E-state index contributed by atoms with van der Waals surface area (Å²) in [7, 11) is 0. The van der Waals surface area contributed by atoms with Gasteiger partial charge in [-0.15, -0.1) is 0 Å². The highest BCUT2D eigenvalue weighted by Crippen LogP contribution is 2.61. The smallest absolute Gasteiger partial charge is 0.221 e. The van der Waals surface area contributed by atoms with Crippen molar-refractivity contribution in [2.75, 3.05) is 6.54 Å². The number of carbonyl (C=O) groups excluding carboxylic acids is 2. The average Bonchev–Trinajstić information content (AvgIpc) is 2.36. The first-order chi connectivity index (χ1) is 9.97. The maximum Gasteiger partial charge on any atom is 0.221 e. The highest BCUT2D eigenvalue weighted by Gasteiger charge is 2.53. The minimum atomic E-state index is -0.0723. The molecule has 0 aromatic carbocycles. The van der Waals surface area contributed by atoms with E-state index in [4.69, 9.17) is 0 Å². The second kappa shape index (κ2) is 5.62. The maximum atomic E-state index is 12.1. The SMILES string of the molecule is CC(=O)NCCC(=O)N[C@H](C)C12CC3CC(CC(C3)C1)C2. The first kappa shape index (κ1) is 14.9. The Kier molecular flexibility index (Phi) is 3.98. The number of hydrogen-bond donors (Lipinski definition) is 2. The summed E-state index contributed by atoms with van der Waals surface area (Å²) >= 11 is 0. The fourth-order valence-electron chi connectivity index (χ4n) is 5.53. The molecule has 4 rings (SSSR count). The molecule has 4 fully saturated rings. The van der Waals surface area contributed by atoms with Crippen LogP contribution in [-0.4, -0.2) is 24.4 Å². The fourth-order valence-corrected chi connectivity index (χ4v) is 5.53. The van der Waals surface area contributed by atoms with E-state index in [2.05, 4.69) is 17.6 Å². The first-order valence-corrected chi connectivity index (χ1v) is 8.50. The zero-order chi connectivity index (χ0) is 15.0. The van der Waals surface area contributed by atoms with Crippen molar-refractivity contribution < 1.29 is 9.59 Å². The van der Waals surface area contributed by atoms with Crippen LogP contribution < -0.4 is 10.6 Å². The van der Waals surface area contributed by atoms with E-state index < -0.39 is 0 Å². The van der Waals surface area contributed by atoms with Crippen LogP contribution in [0.5, 0.6) is 0 Å². The molecule has 1 atom stereocenters. The molecule has 0 saturated heterocycles. The molecule has 0 aliphatic heterocycles. The van der Waals surface area contributed by atoms with Crippen molar-refractivity contribution in [3.8, 4) is 0 Å². The number of carbonyl (C=O) groups is 2. The lowest BCUT2D eigenvalue weighted by atomic mass is 9.48. The van der Waals surface area contributed by atoms with Crippen LogP contribution >= 0.6 is 0 Å². The molecule has 0 aromatic heterocycles. The third-order valence-corrected chi connectivity index (χ3v) is 6.11. The van der Waals surface area contributed by atoms with E-state index in [0.717, 1.165) is 17.8 Å². The van der Waals surface area contributed by atoms with Crippen LogP contribution in [0.4, 0.5) is 0 Å². The molecule has 0 aromatic rings. The largest absolute Gasteiger partial charge is 0.356 e. The number of nitrogens with one attached hydrogen (secondary N) is 2. The van der Waals surface area contributed by atoms with Gasteiger partial charge in [0.05, 0.1) is 0 Å². The van der Waals surface area contributed by atoms with Crippen molar-refractivity contribution in [1.82, 2.24) is 10.6 Å². The van der Waals surface area contributed by atoms with Crippen molar-refractivity contribution in [1.29, 1.82) is 0 Å². The van der Waals surface area contributed by atoms with Gasteiger partial charge in [0.1, 0.15) is 0 Å². The Labute approximate surface area is 127 Å². The van der Waals surface area contributed by atoms with Gasteiger partial charge in [0.25, 0.3) is 0 Å². The molecule has 0 spiro atoms. The Morgan fingerprint density at radius 2 is 1.62 bits per heavy atom. The lowest BCUT2D eigenvalue weighted by Gasteiger charge is -2.59. The Morgan fingerprint density at radius 1 is 1.10 bits per heavy atom. The van der Waals surface area contributed by atoms with Crippen LogP contribution in [0.25, 0.3) is 0 Å². The van der Waals surface area contributed by atoms with E-state index >= 15 is 0 Å². The van der Waals surface area contributed by atoms with E-state index in [-0.39, 0.29) is 17.9 Å². The molecule has 4 nitrogen and oxygen atoms in total. The minimum absolute atomic E-state index is 0.0723. The molecular formula is C17H28N2O2. The predicted octanol–water partition coefficient (Wildman–Crippen LogP) is 2.23. The van der Waals surface area contributed by atoms with Gasteiger partial charge in [-0.1, -0.05) is 0 Å². The van der Waals surface area contributed by atoms with Gasteiger partial charge < -0.3 is 10.6 Å². The molecule has 21 heavy (non-hydrogen) atoms. The van der Waals surface area contributed by atoms with E-state index in [1.54, 1.807) is 0 Å². The summed E-state index contributed by atoms with van der Waals surface area (Å²) in [6.45, 7) is 4.12. The third-order valence-electron chi connectivity index (χ3n) is 6.11. The third kappa shape index (κ3) is 3.09. The van der Waals surface area contributed by atoms with Crippen molar-refractivity contribution in [3.63, 3.8) is 0 Å². The lowest BCUT2D eigenvalue weighted by Crippen LogP contribution is -2.56. The molecule has 0 unspecified atom stereocenters. The van der Waals surface area contributed by atoms with Crippen molar-refractivity contribution in [2.24, 2.45) is 23.2 Å². The molecule has 4 saturated carbocycles. The van der Waals surface area contributed by atoms with E-state index in [9.17, 15) is 9.59 Å². The average molecular weight is 292 g/mol. The summed E-state index contributed by atoms with van der Waals surface area (Å²) in [5.74, 6) is 2.74. The van der Waals surface area contributed by atoms with Gasteiger partial charge >= 0.3 is 0 Å². The normalized spacial score (nSPS) is 38.1. The van der Waals surface area contributed by atoms with Crippen LogP contribution in [0, 0.1) is 23.2 Å². The fraction of sp³-hybridized carbons (Fsp3) is 0.882. The monoisotopic (exact) mass is 292 g/mol. The summed E-state index contributed by atoms with van der Waals surface area (Å²) in [6, 6.07) is 0.274. The molecular weight excluding hydrogens is 264 g/mol. The van der Waals surface area contributed by atoms with Gasteiger partial charge in [0.2, 0.25) is 11.8 Å². The lowest BCUT2D eigenvalue weighted by molar-refractivity contribution is -0.126. The second-order valence-electron chi connectivity index (χ2n) is 7.80. The number of rotatable bonds is 5. The number of hydrogen-bond acceptors (Lipinski definition) is 2. The van der Waals surface area contributed by atoms with Gasteiger partial charge in [-0.3, -0.25) is 9.59 Å². The van der Waals surface area contributed by atoms with Gasteiger partial charge in [0, 0.05) is 25.9 Å². The zero-order valence-electron chi connectivity index (χ0n) is 13.3. The maximum absolute atomic E-state index is 12.1. The molecule has 2 amide bonds. The molecule has 0 radical (unpaired) electrons. The Balaban J connectivity index is 1.54. The Morgan fingerprint density at radius 3 is 2.10 bits per heavy atom. The standard InChI is InChI=1S/C17H28N2O2/c1-11(19-16(21)3-4-18-12(2)20)17-8-13-5-14(9-17)7-15(6-13)10-17/h11,13-15H,3-10H2,1-2H3,(H,18,20)(H,19,21)/t11-,13?,14?,15?,17?/m1/s1. The van der Waals surface area contributed by atoms with Gasteiger partial charge in [0.15, 0.2) is 0 Å². The highest BCUT2D eigenvalue weighted by molar-refractivity contribution is 5.78. The molecule has 4 aliphatic rings. The molecule has 4 bridgehead atoms. The highest BCUT2D eigenvalue weighted by atomic mass is 16.2. The summed E-state index contributed by atoms with van der Waals surface area (Å²) in [5.41, 5.74) is 0.360. The number of amides is 2. The van der Waals surface area contributed by atoms with Gasteiger partial charge in [-0.25, -0.2) is 0 Å². The predicted molar refractivity (Wildman–Crippen MR) is 81.5 cm³/mol. The second-order valence-corrected chi connectivity index (χ2v) is 7.80. The quantitative estimate of drug-likeness (QED) is 0.816. The van der Waals surface area contributed by atoms with Crippen molar-refractivity contribution in [2.45, 2.75) is 64.8 Å². The van der Waals surface area contributed by atoms with E-state index in [1.807, 2.05) is 0 Å². The van der Waals surface area contributed by atoms with Crippen LogP contribution in [0.3, 0.4) is 0 Å². The minimum Gasteiger partial charge on any atom is -0.356 e. The topological polar surface area (TPSA) is 58.2 Å². The summed E-state index contributed by atoms with van der Waals surface area (Å²) in [6.07, 6.45) is 8.62. The molecule has 118 valence electrons. The first-order valence-electron chi connectivity index (χ1n) is 8.50. The zero-order valence-corrected chi connectivity index (χ0v) is 13.3. The van der Waals surface area contributed by atoms with E-state index in [1.165, 1.54) is 45.4 Å². The summed E-state index contributed by atoms with van der Waals surface area (Å²) in [5, 5.41) is 5.91. The molecule has 2 N–H and O–H groups in total. The molecule has 4 heteroatoms. The summed E-state index contributed by atoms with van der Waals surface area (Å²) < 4.78 is 0. The van der Waals surface area contributed by atoms with E-state index in [0.29, 0.717) is 18.4 Å². The molecule has 4 aliphatic carbocycles. The summed E-state index contributed by atoms with van der Waals surface area (Å²) in [4.78, 5) is 22.9. The van der Waals surface area contributed by atoms with Crippen LogP contribution in [-0.2, 0) is 9.59 Å². The van der Waals surface area contributed by atoms with Gasteiger partial charge in [-0.05, 0) is 68.6 Å². The molecule has 0 heterocycles. The van der Waals surface area contributed by atoms with Crippen molar-refractivity contribution in [3.05, 3.63) is 0 Å². The van der Waals surface area contributed by atoms with Crippen LogP contribution in [0.1, 0.15) is 58.8 Å². The van der Waals surface area contributed by atoms with Crippen LogP contribution in [0.15, 0.2) is 0 Å². The van der Waals surface area contributed by atoms with Crippen molar-refractivity contribution >= 4 is 11.8 Å². The Bertz CT molecular complexity index is 397.